The van der Waals surface area contributed by atoms with Crippen LogP contribution in [0.2, 0.25) is 0 Å². The molecule has 0 saturated carbocycles. The molecule has 3 unspecified atom stereocenters. The Morgan fingerprint density at radius 1 is 1.05 bits per heavy atom. The predicted molar refractivity (Wildman–Crippen MR) is 83.0 cm³/mol. The third kappa shape index (κ3) is 3.55. The Kier molecular flexibility index (Phi) is 5.36. The van der Waals surface area contributed by atoms with E-state index in [9.17, 15) is 0 Å². The Labute approximate surface area is 124 Å². The monoisotopic (exact) mass is 280 g/mol. The Hall–Kier alpha value is -0.120. The summed E-state index contributed by atoms with van der Waals surface area (Å²) in [6.07, 6.45) is 12.7. The summed E-state index contributed by atoms with van der Waals surface area (Å²) in [6, 6.07) is 2.42. The van der Waals surface area contributed by atoms with Crippen LogP contribution < -0.4 is 5.32 Å². The van der Waals surface area contributed by atoms with Crippen LogP contribution in [0.25, 0.3) is 0 Å². The van der Waals surface area contributed by atoms with E-state index in [1.54, 1.807) is 0 Å². The molecule has 3 rings (SSSR count). The minimum Gasteiger partial charge on any atom is -0.377 e. The van der Waals surface area contributed by atoms with Gasteiger partial charge in [-0.1, -0.05) is 13.3 Å². The molecule has 3 aliphatic rings. The highest BCUT2D eigenvalue weighted by Crippen LogP contribution is 2.34. The molecule has 3 atom stereocenters. The molecule has 20 heavy (non-hydrogen) atoms. The van der Waals surface area contributed by atoms with Crippen molar-refractivity contribution in [3.05, 3.63) is 0 Å². The van der Waals surface area contributed by atoms with E-state index in [-0.39, 0.29) is 0 Å². The summed E-state index contributed by atoms with van der Waals surface area (Å²) < 4.78 is 5.98. The molecular weight excluding hydrogens is 248 g/mol. The fraction of sp³-hybridized carbons (Fsp3) is 1.00. The quantitative estimate of drug-likeness (QED) is 0.838. The minimum absolute atomic E-state index is 0.520. The molecule has 3 aliphatic heterocycles. The molecule has 0 aromatic carbocycles. The number of nitrogens with one attached hydrogen (secondary N) is 1. The summed E-state index contributed by atoms with van der Waals surface area (Å²) in [4.78, 5) is 2.82. The van der Waals surface area contributed by atoms with Crippen molar-refractivity contribution in [3.8, 4) is 0 Å². The molecule has 3 heterocycles. The maximum atomic E-state index is 5.98. The number of fused-ring (bicyclic) bond motifs is 2. The number of nitrogens with zero attached hydrogens (tertiary/aromatic N) is 1. The SMILES string of the molecule is CCCNC1CC2CCCC(C1)N2CC1CCCCO1. The third-order valence-corrected chi connectivity index (χ3v) is 5.50. The average molecular weight is 280 g/mol. The summed E-state index contributed by atoms with van der Waals surface area (Å²) in [6.45, 7) is 5.66. The van der Waals surface area contributed by atoms with Crippen LogP contribution in [-0.2, 0) is 4.74 Å². The van der Waals surface area contributed by atoms with Gasteiger partial charge in [0.25, 0.3) is 0 Å². The van der Waals surface area contributed by atoms with Gasteiger partial charge in [0.15, 0.2) is 0 Å². The molecule has 0 aromatic heterocycles. The second-order valence-electron chi connectivity index (χ2n) is 7.05. The molecule has 0 aromatic rings. The van der Waals surface area contributed by atoms with Crippen molar-refractivity contribution >= 4 is 0 Å². The van der Waals surface area contributed by atoms with Crippen LogP contribution >= 0.6 is 0 Å². The molecule has 0 amide bonds. The fourth-order valence-electron chi connectivity index (χ4n) is 4.48. The van der Waals surface area contributed by atoms with Gasteiger partial charge in [0, 0.05) is 31.3 Å². The van der Waals surface area contributed by atoms with E-state index in [4.69, 9.17) is 4.74 Å². The van der Waals surface area contributed by atoms with Gasteiger partial charge in [0.05, 0.1) is 6.10 Å². The van der Waals surface area contributed by atoms with E-state index in [0.29, 0.717) is 6.10 Å². The molecular formula is C17H32N2O. The van der Waals surface area contributed by atoms with Crippen LogP contribution in [0, 0.1) is 0 Å². The summed E-state index contributed by atoms with van der Waals surface area (Å²) in [5.74, 6) is 0. The highest BCUT2D eigenvalue weighted by atomic mass is 16.5. The molecule has 3 fully saturated rings. The lowest BCUT2D eigenvalue weighted by atomic mass is 9.81. The van der Waals surface area contributed by atoms with Crippen molar-refractivity contribution in [2.24, 2.45) is 0 Å². The Morgan fingerprint density at radius 2 is 1.85 bits per heavy atom. The second-order valence-corrected chi connectivity index (χ2v) is 7.05. The zero-order chi connectivity index (χ0) is 13.8. The smallest absolute Gasteiger partial charge is 0.0702 e. The van der Waals surface area contributed by atoms with Crippen LogP contribution in [0.1, 0.15) is 64.7 Å². The van der Waals surface area contributed by atoms with Gasteiger partial charge in [-0.05, 0) is 57.9 Å². The van der Waals surface area contributed by atoms with Crippen LogP contribution in [0.3, 0.4) is 0 Å². The van der Waals surface area contributed by atoms with Gasteiger partial charge in [-0.15, -0.1) is 0 Å². The molecule has 3 nitrogen and oxygen atoms in total. The van der Waals surface area contributed by atoms with Crippen LogP contribution in [0.15, 0.2) is 0 Å². The van der Waals surface area contributed by atoms with Crippen molar-refractivity contribution in [1.29, 1.82) is 0 Å². The number of piperidine rings is 2. The topological polar surface area (TPSA) is 24.5 Å². The second kappa shape index (κ2) is 7.24. The van der Waals surface area contributed by atoms with E-state index >= 15 is 0 Å². The van der Waals surface area contributed by atoms with E-state index < -0.39 is 0 Å². The zero-order valence-electron chi connectivity index (χ0n) is 13.2. The normalized spacial score (nSPS) is 38.9. The van der Waals surface area contributed by atoms with Crippen LogP contribution in [-0.4, -0.2) is 48.8 Å². The first-order valence-electron chi connectivity index (χ1n) is 8.97. The molecule has 2 bridgehead atoms. The van der Waals surface area contributed by atoms with Crippen molar-refractivity contribution in [2.45, 2.75) is 88.9 Å². The number of rotatable bonds is 5. The lowest BCUT2D eigenvalue weighted by molar-refractivity contribution is -0.0513. The lowest BCUT2D eigenvalue weighted by Gasteiger charge is -2.50. The van der Waals surface area contributed by atoms with Crippen molar-refractivity contribution in [1.82, 2.24) is 10.2 Å². The zero-order valence-corrected chi connectivity index (χ0v) is 13.2. The summed E-state index contributed by atoms with van der Waals surface area (Å²) in [5, 5.41) is 3.77. The summed E-state index contributed by atoms with van der Waals surface area (Å²) in [5.41, 5.74) is 0. The van der Waals surface area contributed by atoms with E-state index in [0.717, 1.165) is 24.7 Å². The Bertz CT molecular complexity index is 277. The molecule has 116 valence electrons. The molecule has 1 N–H and O–H groups in total. The number of hydrogen-bond acceptors (Lipinski definition) is 3. The van der Waals surface area contributed by atoms with Crippen LogP contribution in [0.5, 0.6) is 0 Å². The standard InChI is InChI=1S/C17H32N2O/c1-2-9-18-14-11-15-6-5-7-16(12-14)19(15)13-17-8-3-4-10-20-17/h14-18H,2-13H2,1H3. The van der Waals surface area contributed by atoms with E-state index in [2.05, 4.69) is 17.1 Å². The third-order valence-electron chi connectivity index (χ3n) is 5.50. The van der Waals surface area contributed by atoms with E-state index in [1.165, 1.54) is 70.9 Å². The Morgan fingerprint density at radius 3 is 2.50 bits per heavy atom. The van der Waals surface area contributed by atoms with Gasteiger partial charge in [0.2, 0.25) is 0 Å². The molecule has 0 spiro atoms. The first-order valence-corrected chi connectivity index (χ1v) is 8.97. The minimum atomic E-state index is 0.520. The lowest BCUT2D eigenvalue weighted by Crippen LogP contribution is -2.58. The maximum Gasteiger partial charge on any atom is 0.0702 e. The summed E-state index contributed by atoms with van der Waals surface area (Å²) >= 11 is 0. The number of ether oxygens (including phenoxy) is 1. The highest BCUT2D eigenvalue weighted by Gasteiger charge is 2.38. The summed E-state index contributed by atoms with van der Waals surface area (Å²) in [7, 11) is 0. The highest BCUT2D eigenvalue weighted by molar-refractivity contribution is 4.95. The molecule has 3 heteroatoms. The van der Waals surface area contributed by atoms with Gasteiger partial charge < -0.3 is 10.1 Å². The van der Waals surface area contributed by atoms with Gasteiger partial charge in [-0.2, -0.15) is 0 Å². The van der Waals surface area contributed by atoms with Crippen molar-refractivity contribution in [2.75, 3.05) is 19.7 Å². The largest absolute Gasteiger partial charge is 0.377 e. The van der Waals surface area contributed by atoms with Gasteiger partial charge >= 0.3 is 0 Å². The maximum absolute atomic E-state index is 5.98. The first-order chi connectivity index (χ1) is 9.86. The van der Waals surface area contributed by atoms with E-state index in [1.807, 2.05) is 0 Å². The Balaban J connectivity index is 1.55. The average Bonchev–Trinajstić information content (AvgIpc) is 2.46. The van der Waals surface area contributed by atoms with Crippen LogP contribution in [0.4, 0.5) is 0 Å². The van der Waals surface area contributed by atoms with Gasteiger partial charge in [-0.25, -0.2) is 0 Å². The molecule has 0 radical (unpaired) electrons. The van der Waals surface area contributed by atoms with Gasteiger partial charge in [-0.3, -0.25) is 4.90 Å². The van der Waals surface area contributed by atoms with Crippen molar-refractivity contribution in [3.63, 3.8) is 0 Å². The molecule has 3 saturated heterocycles. The van der Waals surface area contributed by atoms with Gasteiger partial charge in [0.1, 0.15) is 0 Å². The molecule has 0 aliphatic carbocycles. The number of hydrogen-bond donors (Lipinski definition) is 1. The fourth-order valence-corrected chi connectivity index (χ4v) is 4.48. The van der Waals surface area contributed by atoms with Crippen molar-refractivity contribution < 1.29 is 4.74 Å². The first kappa shape index (κ1) is 14.8. The predicted octanol–water partition coefficient (Wildman–Crippen LogP) is 2.94.